The summed E-state index contributed by atoms with van der Waals surface area (Å²) in [5.41, 5.74) is 9.27. The van der Waals surface area contributed by atoms with E-state index in [1.807, 2.05) is 18.2 Å². The molecular weight excluding hydrogens is 380 g/mol. The van der Waals surface area contributed by atoms with Crippen molar-refractivity contribution >= 4 is 49.3 Å². The molecule has 1 fully saturated rings. The fourth-order valence-corrected chi connectivity index (χ4v) is 4.54. The van der Waals surface area contributed by atoms with Crippen molar-refractivity contribution in [3.63, 3.8) is 0 Å². The summed E-state index contributed by atoms with van der Waals surface area (Å²) in [5.74, 6) is 0.711. The van der Waals surface area contributed by atoms with Crippen LogP contribution in [0.3, 0.4) is 0 Å². The predicted molar refractivity (Wildman–Crippen MR) is 104 cm³/mol. The SMILES string of the molecule is Nc1cccc2c1c(=O)nc1n(C3CCCC3)c3cc(Br)ccc3n21. The van der Waals surface area contributed by atoms with Gasteiger partial charge in [-0.2, -0.15) is 4.98 Å². The molecule has 0 atom stereocenters. The van der Waals surface area contributed by atoms with Crippen LogP contribution in [0.2, 0.25) is 0 Å². The number of nitrogens with two attached hydrogens (primary N) is 1. The molecule has 0 amide bonds. The van der Waals surface area contributed by atoms with Gasteiger partial charge in [-0.15, -0.1) is 0 Å². The van der Waals surface area contributed by atoms with Crippen molar-refractivity contribution in [3.05, 3.63) is 51.2 Å². The normalized spacial score (nSPS) is 15.7. The second-order valence-electron chi connectivity index (χ2n) is 6.74. The molecule has 2 N–H and O–H groups in total. The number of imidazole rings is 1. The average molecular weight is 397 g/mol. The summed E-state index contributed by atoms with van der Waals surface area (Å²) in [6.45, 7) is 0. The topological polar surface area (TPSA) is 65.3 Å². The molecule has 0 radical (unpaired) electrons. The minimum Gasteiger partial charge on any atom is -0.398 e. The lowest BCUT2D eigenvalue weighted by atomic mass is 10.2. The lowest BCUT2D eigenvalue weighted by Gasteiger charge is -2.13. The molecule has 4 aromatic rings. The van der Waals surface area contributed by atoms with Gasteiger partial charge < -0.3 is 10.3 Å². The molecular formula is C19H17BrN4O. The van der Waals surface area contributed by atoms with E-state index in [0.29, 0.717) is 22.9 Å². The molecule has 1 aliphatic rings. The lowest BCUT2D eigenvalue weighted by molar-refractivity contribution is 0.543. The first-order valence-electron chi connectivity index (χ1n) is 8.55. The van der Waals surface area contributed by atoms with Crippen LogP contribution in [0.4, 0.5) is 5.69 Å². The summed E-state index contributed by atoms with van der Waals surface area (Å²) in [5, 5.41) is 0.494. The van der Waals surface area contributed by atoms with E-state index in [2.05, 4.69) is 42.0 Å². The molecule has 0 saturated heterocycles. The number of anilines is 1. The molecule has 25 heavy (non-hydrogen) atoms. The summed E-state index contributed by atoms with van der Waals surface area (Å²) in [6.07, 6.45) is 4.68. The molecule has 0 aliphatic heterocycles. The molecule has 1 aliphatic carbocycles. The first-order chi connectivity index (χ1) is 12.1. The van der Waals surface area contributed by atoms with Crippen LogP contribution in [0.1, 0.15) is 31.7 Å². The summed E-state index contributed by atoms with van der Waals surface area (Å²) >= 11 is 3.58. The molecule has 126 valence electrons. The highest BCUT2D eigenvalue weighted by atomic mass is 79.9. The van der Waals surface area contributed by atoms with Crippen LogP contribution in [-0.2, 0) is 0 Å². The van der Waals surface area contributed by atoms with Gasteiger partial charge in [-0.3, -0.25) is 9.20 Å². The van der Waals surface area contributed by atoms with E-state index >= 15 is 0 Å². The number of aromatic nitrogens is 3. The second kappa shape index (κ2) is 5.33. The van der Waals surface area contributed by atoms with Crippen molar-refractivity contribution in [2.75, 3.05) is 5.73 Å². The third-order valence-electron chi connectivity index (χ3n) is 5.27. The number of nitrogens with zero attached hydrogens (tertiary/aromatic N) is 3. The van der Waals surface area contributed by atoms with Crippen molar-refractivity contribution in [1.29, 1.82) is 0 Å². The standard InChI is InChI=1S/C19H17BrN4O/c20-11-8-9-14-16(10-11)23(12-4-1-2-5-12)19-22-18(25)17-13(21)6-3-7-15(17)24(14)19/h3,6-10,12H,1-2,4-5,21H2. The number of halogens is 1. The minimum absolute atomic E-state index is 0.255. The fraction of sp³-hybridized carbons (Fsp3) is 0.263. The van der Waals surface area contributed by atoms with E-state index in [9.17, 15) is 4.79 Å². The summed E-state index contributed by atoms with van der Waals surface area (Å²) in [7, 11) is 0. The van der Waals surface area contributed by atoms with Crippen LogP contribution in [0.5, 0.6) is 0 Å². The van der Waals surface area contributed by atoms with E-state index in [4.69, 9.17) is 5.73 Å². The maximum atomic E-state index is 12.7. The Hall–Kier alpha value is -2.34. The van der Waals surface area contributed by atoms with Crippen molar-refractivity contribution in [2.24, 2.45) is 0 Å². The largest absolute Gasteiger partial charge is 0.398 e. The Morgan fingerprint density at radius 1 is 1.08 bits per heavy atom. The Balaban J connectivity index is 2.06. The van der Waals surface area contributed by atoms with Gasteiger partial charge >= 0.3 is 0 Å². The van der Waals surface area contributed by atoms with E-state index in [0.717, 1.165) is 33.9 Å². The van der Waals surface area contributed by atoms with Crippen molar-refractivity contribution in [1.82, 2.24) is 14.0 Å². The van der Waals surface area contributed by atoms with E-state index < -0.39 is 0 Å². The van der Waals surface area contributed by atoms with Gasteiger partial charge in [-0.05, 0) is 43.2 Å². The van der Waals surface area contributed by atoms with Gasteiger partial charge in [0, 0.05) is 16.2 Å². The maximum absolute atomic E-state index is 12.7. The zero-order valence-electron chi connectivity index (χ0n) is 13.6. The van der Waals surface area contributed by atoms with Gasteiger partial charge in [0.15, 0.2) is 0 Å². The number of hydrogen-bond donors (Lipinski definition) is 1. The third kappa shape index (κ3) is 2.07. The van der Waals surface area contributed by atoms with Gasteiger partial charge in [0.1, 0.15) is 0 Å². The number of fused-ring (bicyclic) bond motifs is 5. The lowest BCUT2D eigenvalue weighted by Crippen LogP contribution is -2.15. The molecule has 0 unspecified atom stereocenters. The summed E-state index contributed by atoms with van der Waals surface area (Å²) in [6, 6.07) is 12.2. The number of nitrogen functional groups attached to an aromatic ring is 1. The Kier molecular flexibility index (Phi) is 3.19. The van der Waals surface area contributed by atoms with E-state index in [-0.39, 0.29) is 5.56 Å². The second-order valence-corrected chi connectivity index (χ2v) is 7.65. The zero-order chi connectivity index (χ0) is 17.1. The van der Waals surface area contributed by atoms with Gasteiger partial charge in [-0.25, -0.2) is 0 Å². The number of hydrogen-bond acceptors (Lipinski definition) is 3. The first kappa shape index (κ1) is 15.0. The highest BCUT2D eigenvalue weighted by Crippen LogP contribution is 2.36. The Morgan fingerprint density at radius 3 is 2.68 bits per heavy atom. The zero-order valence-corrected chi connectivity index (χ0v) is 15.2. The minimum atomic E-state index is -0.255. The van der Waals surface area contributed by atoms with Crippen LogP contribution in [0, 0.1) is 0 Å². The Labute approximate surface area is 152 Å². The van der Waals surface area contributed by atoms with Crippen LogP contribution in [0.25, 0.3) is 27.7 Å². The summed E-state index contributed by atoms with van der Waals surface area (Å²) < 4.78 is 5.35. The maximum Gasteiger partial charge on any atom is 0.284 e. The number of rotatable bonds is 1. The highest BCUT2D eigenvalue weighted by Gasteiger charge is 2.24. The number of benzene rings is 2. The third-order valence-corrected chi connectivity index (χ3v) is 5.77. The molecule has 2 heterocycles. The van der Waals surface area contributed by atoms with Crippen LogP contribution < -0.4 is 11.3 Å². The van der Waals surface area contributed by atoms with Crippen LogP contribution in [0.15, 0.2) is 45.7 Å². The molecule has 5 rings (SSSR count). The van der Waals surface area contributed by atoms with Crippen molar-refractivity contribution in [2.45, 2.75) is 31.7 Å². The van der Waals surface area contributed by atoms with Crippen LogP contribution >= 0.6 is 15.9 Å². The average Bonchev–Trinajstić information content (AvgIpc) is 3.19. The molecule has 6 heteroatoms. The predicted octanol–water partition coefficient (Wildman–Crippen LogP) is 4.26. The van der Waals surface area contributed by atoms with Crippen molar-refractivity contribution < 1.29 is 0 Å². The highest BCUT2D eigenvalue weighted by molar-refractivity contribution is 9.10. The Morgan fingerprint density at radius 2 is 1.88 bits per heavy atom. The fourth-order valence-electron chi connectivity index (χ4n) is 4.19. The van der Waals surface area contributed by atoms with Crippen LogP contribution in [-0.4, -0.2) is 14.0 Å². The molecule has 5 nitrogen and oxygen atoms in total. The Bertz CT molecular complexity index is 1200. The van der Waals surface area contributed by atoms with E-state index in [1.165, 1.54) is 12.8 Å². The smallest absolute Gasteiger partial charge is 0.284 e. The van der Waals surface area contributed by atoms with Gasteiger partial charge in [-0.1, -0.05) is 34.8 Å². The summed E-state index contributed by atoms with van der Waals surface area (Å²) in [4.78, 5) is 17.1. The molecule has 2 aromatic carbocycles. The van der Waals surface area contributed by atoms with Crippen molar-refractivity contribution in [3.8, 4) is 0 Å². The first-order valence-corrected chi connectivity index (χ1v) is 9.35. The molecule has 1 saturated carbocycles. The molecule has 0 bridgehead atoms. The van der Waals surface area contributed by atoms with E-state index in [1.54, 1.807) is 6.07 Å². The monoisotopic (exact) mass is 396 g/mol. The van der Waals surface area contributed by atoms with Gasteiger partial charge in [0.2, 0.25) is 5.78 Å². The quantitative estimate of drug-likeness (QED) is 0.488. The van der Waals surface area contributed by atoms with Gasteiger partial charge in [0.25, 0.3) is 5.56 Å². The van der Waals surface area contributed by atoms with Gasteiger partial charge in [0.05, 0.1) is 21.9 Å². The molecule has 2 aromatic heterocycles. The molecule has 0 spiro atoms.